The summed E-state index contributed by atoms with van der Waals surface area (Å²) >= 11 is 0. The minimum Gasteiger partial charge on any atom is -0.478 e. The van der Waals surface area contributed by atoms with E-state index in [0.29, 0.717) is 5.56 Å². The Labute approximate surface area is 100.0 Å². The number of carboxylic acid groups (broad SMARTS) is 1. The Balaban J connectivity index is 2.46. The number of hydrogen-bond acceptors (Lipinski definition) is 2. The summed E-state index contributed by atoms with van der Waals surface area (Å²) in [5.41, 5.74) is 1.97. The van der Waals surface area contributed by atoms with E-state index in [1.807, 2.05) is 54.6 Å². The van der Waals surface area contributed by atoms with Gasteiger partial charge in [0.25, 0.3) is 0 Å². The van der Waals surface area contributed by atoms with Crippen molar-refractivity contribution < 1.29 is 9.90 Å². The Hall–Kier alpha value is -2.29. The summed E-state index contributed by atoms with van der Waals surface area (Å²) in [5, 5.41) is 9.08. The van der Waals surface area contributed by atoms with Gasteiger partial charge < -0.3 is 10.0 Å². The van der Waals surface area contributed by atoms with Crippen LogP contribution in [0, 0.1) is 6.92 Å². The molecule has 0 amide bonds. The van der Waals surface area contributed by atoms with Crippen molar-refractivity contribution in [3.63, 3.8) is 0 Å². The van der Waals surface area contributed by atoms with Gasteiger partial charge in [0, 0.05) is 18.1 Å². The Bertz CT molecular complexity index is 511. The van der Waals surface area contributed by atoms with E-state index in [1.165, 1.54) is 0 Å². The molecule has 0 saturated carbocycles. The highest BCUT2D eigenvalue weighted by Crippen LogP contribution is 2.24. The average molecular weight is 227 g/mol. The van der Waals surface area contributed by atoms with Crippen LogP contribution in [0.1, 0.15) is 15.9 Å². The number of anilines is 1. The molecule has 17 heavy (non-hydrogen) atoms. The second kappa shape index (κ2) is 4.70. The van der Waals surface area contributed by atoms with E-state index in [2.05, 4.69) is 0 Å². The molecule has 1 N–H and O–H groups in total. The Morgan fingerprint density at radius 1 is 1.12 bits per heavy atom. The topological polar surface area (TPSA) is 40.5 Å². The number of benzene rings is 1. The molecule has 0 fully saturated rings. The molecule has 1 aromatic rings. The fraction of sp³-hybridized carbons (Fsp3) is 0.0714. The predicted molar refractivity (Wildman–Crippen MR) is 68.0 cm³/mol. The average Bonchev–Trinajstić information content (AvgIpc) is 2.57. The van der Waals surface area contributed by atoms with Crippen LogP contribution < -0.4 is 4.90 Å². The maximum Gasteiger partial charge on any atom is 0.336 e. The molecule has 0 bridgehead atoms. The number of hydrogen-bond donors (Lipinski definition) is 1. The van der Waals surface area contributed by atoms with E-state index in [0.717, 1.165) is 11.3 Å². The van der Waals surface area contributed by atoms with Gasteiger partial charge in [-0.1, -0.05) is 18.2 Å². The van der Waals surface area contributed by atoms with Crippen molar-refractivity contribution in [2.24, 2.45) is 0 Å². The first-order valence-electron chi connectivity index (χ1n) is 5.33. The number of nitrogens with zero attached hydrogens (tertiary/aromatic N) is 1. The number of rotatable bonds is 2. The van der Waals surface area contributed by atoms with Crippen LogP contribution in [0.15, 0.2) is 54.9 Å². The van der Waals surface area contributed by atoms with Crippen LogP contribution in [0.5, 0.6) is 0 Å². The number of aromatic carboxylic acids is 1. The van der Waals surface area contributed by atoms with Gasteiger partial charge in [-0.2, -0.15) is 0 Å². The van der Waals surface area contributed by atoms with Crippen molar-refractivity contribution in [1.82, 2.24) is 0 Å². The normalized spacial score (nSPS) is 13.8. The summed E-state index contributed by atoms with van der Waals surface area (Å²) < 4.78 is 0. The number of allylic oxidation sites excluding steroid dienone is 4. The summed E-state index contributed by atoms with van der Waals surface area (Å²) in [6.45, 7) is 1.82. The molecule has 3 heteroatoms. The monoisotopic (exact) mass is 227 g/mol. The van der Waals surface area contributed by atoms with Crippen LogP contribution in [0.25, 0.3) is 0 Å². The Morgan fingerprint density at radius 2 is 1.76 bits per heavy atom. The third kappa shape index (κ3) is 2.28. The zero-order valence-electron chi connectivity index (χ0n) is 9.50. The van der Waals surface area contributed by atoms with Crippen molar-refractivity contribution in [3.8, 4) is 0 Å². The molecule has 1 heterocycles. The highest BCUT2D eigenvalue weighted by atomic mass is 16.4. The largest absolute Gasteiger partial charge is 0.478 e. The van der Waals surface area contributed by atoms with Crippen LogP contribution in [-0.4, -0.2) is 11.1 Å². The minimum atomic E-state index is -0.898. The van der Waals surface area contributed by atoms with Gasteiger partial charge in [-0.05, 0) is 36.8 Å². The van der Waals surface area contributed by atoms with Gasteiger partial charge in [0.15, 0.2) is 0 Å². The van der Waals surface area contributed by atoms with Crippen LogP contribution in [0.2, 0.25) is 0 Å². The smallest absolute Gasteiger partial charge is 0.336 e. The molecular weight excluding hydrogens is 214 g/mol. The fourth-order valence-corrected chi connectivity index (χ4v) is 1.76. The lowest BCUT2D eigenvalue weighted by atomic mass is 10.1. The summed E-state index contributed by atoms with van der Waals surface area (Å²) in [6, 6.07) is 5.28. The number of carboxylic acids is 1. The molecule has 3 nitrogen and oxygen atoms in total. The zero-order valence-corrected chi connectivity index (χ0v) is 9.50. The second-order valence-corrected chi connectivity index (χ2v) is 3.73. The van der Waals surface area contributed by atoms with E-state index in [1.54, 1.807) is 12.1 Å². The maximum absolute atomic E-state index is 11.1. The lowest BCUT2D eigenvalue weighted by Gasteiger charge is -2.18. The van der Waals surface area contributed by atoms with Gasteiger partial charge in [-0.3, -0.25) is 0 Å². The van der Waals surface area contributed by atoms with Gasteiger partial charge in [0.1, 0.15) is 0 Å². The highest BCUT2D eigenvalue weighted by Gasteiger charge is 2.12. The molecule has 0 unspecified atom stereocenters. The Kier molecular flexibility index (Phi) is 3.10. The van der Waals surface area contributed by atoms with Crippen molar-refractivity contribution >= 4 is 11.7 Å². The van der Waals surface area contributed by atoms with Gasteiger partial charge >= 0.3 is 5.97 Å². The quantitative estimate of drug-likeness (QED) is 0.844. The molecular formula is C14H13NO2. The van der Waals surface area contributed by atoms with Crippen LogP contribution in [0.3, 0.4) is 0 Å². The maximum atomic E-state index is 11.1. The van der Waals surface area contributed by atoms with E-state index in [-0.39, 0.29) is 0 Å². The van der Waals surface area contributed by atoms with E-state index < -0.39 is 5.97 Å². The molecule has 86 valence electrons. The molecule has 1 aliphatic heterocycles. The van der Waals surface area contributed by atoms with Gasteiger partial charge in [0.05, 0.1) is 5.56 Å². The summed E-state index contributed by atoms with van der Waals surface area (Å²) in [6.07, 6.45) is 11.5. The van der Waals surface area contributed by atoms with Crippen LogP contribution in [-0.2, 0) is 0 Å². The van der Waals surface area contributed by atoms with Crippen molar-refractivity contribution in [3.05, 3.63) is 66.0 Å². The first-order valence-corrected chi connectivity index (χ1v) is 5.33. The molecule has 0 atom stereocenters. The van der Waals surface area contributed by atoms with Crippen molar-refractivity contribution in [2.45, 2.75) is 6.92 Å². The summed E-state index contributed by atoms with van der Waals surface area (Å²) in [7, 11) is 0. The Morgan fingerprint density at radius 3 is 2.35 bits per heavy atom. The van der Waals surface area contributed by atoms with Crippen LogP contribution in [0.4, 0.5) is 5.69 Å². The standard InChI is InChI=1S/C14H13NO2/c1-11-12(14(16)17)7-6-8-13(11)15-9-4-2-3-5-10-15/h2-10H,1H3,(H,16,17). The lowest BCUT2D eigenvalue weighted by molar-refractivity contribution is 0.0696. The first kappa shape index (κ1) is 11.2. The molecule has 1 aromatic carbocycles. The van der Waals surface area contributed by atoms with E-state index >= 15 is 0 Å². The molecule has 2 rings (SSSR count). The molecule has 0 aliphatic carbocycles. The molecule has 0 aromatic heterocycles. The predicted octanol–water partition coefficient (Wildman–Crippen LogP) is 3.10. The SMILES string of the molecule is Cc1c(C(=O)O)cccc1N1C=CC=CC=C1. The van der Waals surface area contributed by atoms with Crippen molar-refractivity contribution in [2.75, 3.05) is 4.90 Å². The highest BCUT2D eigenvalue weighted by molar-refractivity contribution is 5.91. The third-order valence-electron chi connectivity index (χ3n) is 2.64. The molecule has 1 aliphatic rings. The van der Waals surface area contributed by atoms with E-state index in [4.69, 9.17) is 5.11 Å². The first-order chi connectivity index (χ1) is 8.20. The van der Waals surface area contributed by atoms with E-state index in [9.17, 15) is 4.79 Å². The third-order valence-corrected chi connectivity index (χ3v) is 2.64. The van der Waals surface area contributed by atoms with Gasteiger partial charge in [0.2, 0.25) is 0 Å². The van der Waals surface area contributed by atoms with Crippen LogP contribution >= 0.6 is 0 Å². The molecule has 0 radical (unpaired) electrons. The van der Waals surface area contributed by atoms with Gasteiger partial charge in [-0.25, -0.2) is 4.79 Å². The fourth-order valence-electron chi connectivity index (χ4n) is 1.76. The summed E-state index contributed by atoms with van der Waals surface area (Å²) in [4.78, 5) is 13.0. The summed E-state index contributed by atoms with van der Waals surface area (Å²) in [5.74, 6) is -0.898. The lowest BCUT2D eigenvalue weighted by Crippen LogP contribution is -2.10. The number of carbonyl (C=O) groups is 1. The zero-order chi connectivity index (χ0) is 12.3. The van der Waals surface area contributed by atoms with Gasteiger partial charge in [-0.15, -0.1) is 0 Å². The van der Waals surface area contributed by atoms with Crippen molar-refractivity contribution in [1.29, 1.82) is 0 Å². The molecule has 0 spiro atoms. The second-order valence-electron chi connectivity index (χ2n) is 3.73. The minimum absolute atomic E-state index is 0.335. The molecule has 0 saturated heterocycles.